The number of hydrogen-bond donors (Lipinski definition) is 2. The molecule has 176 valence electrons. The Labute approximate surface area is 198 Å². The van der Waals surface area contributed by atoms with Crippen LogP contribution in [0.2, 0.25) is 0 Å². The molecule has 0 saturated carbocycles. The molecule has 0 aliphatic heterocycles. The third kappa shape index (κ3) is 16.7. The van der Waals surface area contributed by atoms with E-state index >= 15 is 0 Å². The Morgan fingerprint density at radius 2 is 0.742 bits per heavy atom. The van der Waals surface area contributed by atoms with Crippen molar-refractivity contribution in [1.82, 2.24) is 0 Å². The van der Waals surface area contributed by atoms with Crippen LogP contribution in [0.1, 0.15) is 102 Å². The quantitative estimate of drug-likeness (QED) is 0.285. The van der Waals surface area contributed by atoms with E-state index in [-0.39, 0.29) is 13.5 Å². The van der Waals surface area contributed by atoms with Crippen LogP contribution in [0.25, 0.3) is 0 Å². The average molecular weight is 447 g/mol. The number of aromatic hydroxyl groups is 2. The van der Waals surface area contributed by atoms with Gasteiger partial charge in [0, 0.05) is 0 Å². The molecule has 0 fully saturated rings. The SMILES string of the molecule is CCCCCCCCc1ccc(O)cc1.CCCCCCCCc1ccc(O)cc1.S. The van der Waals surface area contributed by atoms with Crippen LogP contribution in [0.5, 0.6) is 11.5 Å². The van der Waals surface area contributed by atoms with Crippen LogP contribution in [0, 0.1) is 0 Å². The lowest BCUT2D eigenvalue weighted by Crippen LogP contribution is -1.85. The van der Waals surface area contributed by atoms with E-state index in [4.69, 9.17) is 10.2 Å². The van der Waals surface area contributed by atoms with E-state index in [1.165, 1.54) is 88.2 Å². The highest BCUT2D eigenvalue weighted by Gasteiger charge is 1.95. The minimum atomic E-state index is 0. The van der Waals surface area contributed by atoms with Crippen LogP contribution in [0.15, 0.2) is 48.5 Å². The molecule has 0 bridgehead atoms. The first-order valence-electron chi connectivity index (χ1n) is 12.2. The molecule has 2 aromatic rings. The Hall–Kier alpha value is -1.61. The summed E-state index contributed by atoms with van der Waals surface area (Å²) in [5.74, 6) is 0.725. The van der Waals surface area contributed by atoms with Crippen molar-refractivity contribution >= 4 is 13.5 Å². The summed E-state index contributed by atoms with van der Waals surface area (Å²) in [4.78, 5) is 0. The van der Waals surface area contributed by atoms with Gasteiger partial charge >= 0.3 is 0 Å². The monoisotopic (exact) mass is 446 g/mol. The van der Waals surface area contributed by atoms with Gasteiger partial charge in [-0.3, -0.25) is 0 Å². The Morgan fingerprint density at radius 1 is 0.452 bits per heavy atom. The van der Waals surface area contributed by atoms with E-state index in [9.17, 15) is 0 Å². The molecule has 0 aliphatic carbocycles. The highest BCUT2D eigenvalue weighted by atomic mass is 32.1. The van der Waals surface area contributed by atoms with Crippen molar-refractivity contribution in [3.8, 4) is 11.5 Å². The van der Waals surface area contributed by atoms with Gasteiger partial charge in [-0.1, -0.05) is 102 Å². The molecule has 0 atom stereocenters. The lowest BCUT2D eigenvalue weighted by Gasteiger charge is -2.02. The lowest BCUT2D eigenvalue weighted by atomic mass is 10.1. The van der Waals surface area contributed by atoms with Crippen LogP contribution >= 0.6 is 13.5 Å². The fraction of sp³-hybridized carbons (Fsp3) is 0.571. The molecule has 0 radical (unpaired) electrons. The molecule has 0 unspecified atom stereocenters. The lowest BCUT2D eigenvalue weighted by molar-refractivity contribution is 0.474. The Bertz CT molecular complexity index is 565. The maximum atomic E-state index is 9.13. The number of phenols is 2. The van der Waals surface area contributed by atoms with E-state index in [0.717, 1.165) is 12.8 Å². The van der Waals surface area contributed by atoms with E-state index in [1.807, 2.05) is 24.3 Å². The topological polar surface area (TPSA) is 40.5 Å². The van der Waals surface area contributed by atoms with E-state index in [2.05, 4.69) is 13.8 Å². The van der Waals surface area contributed by atoms with Gasteiger partial charge in [0.25, 0.3) is 0 Å². The number of aryl methyl sites for hydroxylation is 2. The molecule has 3 heteroatoms. The van der Waals surface area contributed by atoms with Crippen molar-refractivity contribution < 1.29 is 10.2 Å². The van der Waals surface area contributed by atoms with Gasteiger partial charge in [-0.2, -0.15) is 13.5 Å². The molecule has 0 amide bonds. The van der Waals surface area contributed by atoms with Crippen molar-refractivity contribution in [3.63, 3.8) is 0 Å². The van der Waals surface area contributed by atoms with E-state index < -0.39 is 0 Å². The van der Waals surface area contributed by atoms with Crippen molar-refractivity contribution in [3.05, 3.63) is 59.7 Å². The maximum absolute atomic E-state index is 9.13. The molecule has 0 heterocycles. The van der Waals surface area contributed by atoms with Gasteiger partial charge in [0.1, 0.15) is 11.5 Å². The average Bonchev–Trinajstić information content (AvgIpc) is 2.76. The molecular weight excluding hydrogens is 400 g/mol. The Balaban J connectivity index is 0.000000562. The molecular formula is C28H46O2S. The van der Waals surface area contributed by atoms with Gasteiger partial charge in [-0.05, 0) is 61.1 Å². The van der Waals surface area contributed by atoms with Gasteiger partial charge in [-0.15, -0.1) is 0 Å². The zero-order valence-corrected chi connectivity index (χ0v) is 20.9. The van der Waals surface area contributed by atoms with E-state index in [1.54, 1.807) is 24.3 Å². The molecule has 31 heavy (non-hydrogen) atoms. The Morgan fingerprint density at radius 3 is 1.06 bits per heavy atom. The zero-order valence-electron chi connectivity index (χ0n) is 19.9. The van der Waals surface area contributed by atoms with Gasteiger partial charge in [0.15, 0.2) is 0 Å². The molecule has 2 rings (SSSR count). The summed E-state index contributed by atoms with van der Waals surface area (Å²) in [6.07, 6.45) is 18.4. The maximum Gasteiger partial charge on any atom is 0.115 e. The predicted octanol–water partition coefficient (Wildman–Crippen LogP) is 8.70. The molecule has 2 aromatic carbocycles. The number of phenolic OH excluding ortho intramolecular Hbond substituents is 2. The van der Waals surface area contributed by atoms with Crippen molar-refractivity contribution in [1.29, 1.82) is 0 Å². The molecule has 2 N–H and O–H groups in total. The molecule has 0 spiro atoms. The summed E-state index contributed by atoms with van der Waals surface area (Å²) in [7, 11) is 0. The van der Waals surface area contributed by atoms with Crippen LogP contribution in [0.3, 0.4) is 0 Å². The number of hydrogen-bond acceptors (Lipinski definition) is 2. The molecule has 2 nitrogen and oxygen atoms in total. The minimum absolute atomic E-state index is 0. The van der Waals surface area contributed by atoms with Crippen molar-refractivity contribution in [2.75, 3.05) is 0 Å². The second-order valence-electron chi connectivity index (χ2n) is 8.37. The van der Waals surface area contributed by atoms with Gasteiger partial charge in [0.05, 0.1) is 0 Å². The molecule has 0 aliphatic rings. The van der Waals surface area contributed by atoms with Crippen molar-refractivity contribution in [2.45, 2.75) is 104 Å². The second-order valence-corrected chi connectivity index (χ2v) is 8.37. The summed E-state index contributed by atoms with van der Waals surface area (Å²) in [5, 5.41) is 18.3. The number of unbranched alkanes of at least 4 members (excludes halogenated alkanes) is 10. The van der Waals surface area contributed by atoms with Crippen LogP contribution < -0.4 is 0 Å². The standard InChI is InChI=1S/2C14H22O.H2S/c2*1-2-3-4-5-6-7-8-13-9-11-14(15)12-10-13;/h2*9-12,15H,2-8H2,1H3;1H2. The van der Waals surface area contributed by atoms with Crippen LogP contribution in [-0.2, 0) is 12.8 Å². The van der Waals surface area contributed by atoms with Gasteiger partial charge in [-0.25, -0.2) is 0 Å². The summed E-state index contributed by atoms with van der Waals surface area (Å²) in [6, 6.07) is 15.1. The van der Waals surface area contributed by atoms with Crippen molar-refractivity contribution in [2.24, 2.45) is 0 Å². The smallest absolute Gasteiger partial charge is 0.115 e. The third-order valence-corrected chi connectivity index (χ3v) is 5.51. The van der Waals surface area contributed by atoms with Gasteiger partial charge in [0.2, 0.25) is 0 Å². The van der Waals surface area contributed by atoms with Crippen LogP contribution in [0.4, 0.5) is 0 Å². The van der Waals surface area contributed by atoms with Crippen LogP contribution in [-0.4, -0.2) is 10.2 Å². The summed E-state index contributed by atoms with van der Waals surface area (Å²) in [6.45, 7) is 4.49. The highest BCUT2D eigenvalue weighted by Crippen LogP contribution is 2.14. The minimum Gasteiger partial charge on any atom is -0.508 e. The summed E-state index contributed by atoms with van der Waals surface area (Å²) >= 11 is 0. The van der Waals surface area contributed by atoms with E-state index in [0.29, 0.717) is 11.5 Å². The first-order valence-corrected chi connectivity index (χ1v) is 12.2. The fourth-order valence-corrected chi connectivity index (χ4v) is 3.54. The molecule has 0 aromatic heterocycles. The first-order chi connectivity index (χ1) is 14.7. The largest absolute Gasteiger partial charge is 0.508 e. The second kappa shape index (κ2) is 20.3. The fourth-order valence-electron chi connectivity index (χ4n) is 3.54. The summed E-state index contributed by atoms with van der Waals surface area (Å²) in [5.41, 5.74) is 2.67. The third-order valence-electron chi connectivity index (χ3n) is 5.51. The number of rotatable bonds is 14. The predicted molar refractivity (Wildman–Crippen MR) is 141 cm³/mol. The van der Waals surface area contributed by atoms with Gasteiger partial charge < -0.3 is 10.2 Å². The highest BCUT2D eigenvalue weighted by molar-refractivity contribution is 7.59. The Kier molecular flexibility index (Phi) is 19.2. The zero-order chi connectivity index (χ0) is 21.9. The first kappa shape index (κ1) is 29.4. The normalized spacial score (nSPS) is 10.1. The summed E-state index contributed by atoms with van der Waals surface area (Å²) < 4.78 is 0. The number of benzene rings is 2. The molecule has 0 saturated heterocycles.